The Bertz CT molecular complexity index is 453. The van der Waals surface area contributed by atoms with Crippen molar-refractivity contribution in [1.29, 1.82) is 0 Å². The van der Waals surface area contributed by atoms with E-state index in [1.165, 1.54) is 0 Å². The van der Waals surface area contributed by atoms with Crippen molar-refractivity contribution >= 4 is 23.7 Å². The topological polar surface area (TPSA) is 98.2 Å². The maximum Gasteiger partial charge on any atom is 0.237 e. The summed E-state index contributed by atoms with van der Waals surface area (Å²) in [5, 5.41) is 2.27. The second kappa shape index (κ2) is 9.55. The van der Waals surface area contributed by atoms with Crippen LogP contribution in [0.4, 0.5) is 0 Å². The number of rotatable bonds is 9. The largest absolute Gasteiger partial charge is 0.344 e. The Morgan fingerprint density at radius 3 is 2.43 bits per heavy atom. The first-order chi connectivity index (χ1) is 10.0. The maximum absolute atomic E-state index is 12.0. The molecule has 0 aliphatic rings. The molecule has 0 saturated heterocycles. The summed E-state index contributed by atoms with van der Waals surface area (Å²) >= 11 is 3.78. The predicted molar refractivity (Wildman–Crippen MR) is 87.0 cm³/mol. The zero-order chi connectivity index (χ0) is 15.7. The molecule has 0 fully saturated rings. The SMILES string of the molecule is NCCC[C@H](NC(=O)[C@@H](N)CCc1ccccc1)C(=O)S. The van der Waals surface area contributed by atoms with Gasteiger partial charge in [-0.1, -0.05) is 30.3 Å². The van der Waals surface area contributed by atoms with Crippen molar-refractivity contribution < 1.29 is 9.59 Å². The molecule has 0 heterocycles. The quantitative estimate of drug-likeness (QED) is 0.503. The summed E-state index contributed by atoms with van der Waals surface area (Å²) < 4.78 is 0. The molecule has 0 saturated carbocycles. The van der Waals surface area contributed by atoms with Gasteiger partial charge >= 0.3 is 0 Å². The highest BCUT2D eigenvalue weighted by molar-refractivity contribution is 7.96. The third-order valence-electron chi connectivity index (χ3n) is 3.24. The molecule has 1 rings (SSSR count). The van der Waals surface area contributed by atoms with Crippen molar-refractivity contribution in [2.75, 3.05) is 6.54 Å². The molecule has 0 bridgehead atoms. The van der Waals surface area contributed by atoms with Crippen LogP contribution in [0.5, 0.6) is 0 Å². The summed E-state index contributed by atoms with van der Waals surface area (Å²) in [5.74, 6) is -0.324. The van der Waals surface area contributed by atoms with E-state index < -0.39 is 12.1 Å². The normalized spacial score (nSPS) is 13.5. The predicted octanol–water partition coefficient (Wildman–Crippen LogP) is 0.627. The number of thiol groups is 1. The molecule has 2 atom stereocenters. The van der Waals surface area contributed by atoms with Crippen molar-refractivity contribution in [3.05, 3.63) is 35.9 Å². The van der Waals surface area contributed by atoms with Crippen LogP contribution >= 0.6 is 12.6 Å². The molecule has 1 amide bonds. The van der Waals surface area contributed by atoms with Crippen LogP contribution < -0.4 is 16.8 Å². The average Bonchev–Trinajstić information content (AvgIpc) is 2.49. The fourth-order valence-electron chi connectivity index (χ4n) is 1.96. The van der Waals surface area contributed by atoms with Crippen LogP contribution in [0, 0.1) is 0 Å². The van der Waals surface area contributed by atoms with E-state index in [2.05, 4.69) is 17.9 Å². The van der Waals surface area contributed by atoms with Crippen molar-refractivity contribution in [2.24, 2.45) is 11.5 Å². The zero-order valence-electron chi connectivity index (χ0n) is 12.0. The van der Waals surface area contributed by atoms with Gasteiger partial charge in [-0.2, -0.15) is 0 Å². The molecule has 0 spiro atoms. The van der Waals surface area contributed by atoms with Gasteiger partial charge < -0.3 is 16.8 Å². The molecule has 0 aliphatic heterocycles. The van der Waals surface area contributed by atoms with Crippen LogP contribution in [-0.4, -0.2) is 29.7 Å². The first-order valence-electron chi connectivity index (χ1n) is 7.07. The molecule has 0 radical (unpaired) electrons. The molecule has 5 nitrogen and oxygen atoms in total. The van der Waals surface area contributed by atoms with E-state index in [9.17, 15) is 9.59 Å². The second-order valence-corrected chi connectivity index (χ2v) is 5.40. The summed E-state index contributed by atoms with van der Waals surface area (Å²) in [5.41, 5.74) is 12.4. The third-order valence-corrected chi connectivity index (χ3v) is 3.55. The van der Waals surface area contributed by atoms with Crippen molar-refractivity contribution in [3.8, 4) is 0 Å². The first kappa shape index (κ1) is 17.7. The molecule has 1 aromatic rings. The number of hydrogen-bond acceptors (Lipinski definition) is 4. The molecule has 21 heavy (non-hydrogen) atoms. The Morgan fingerprint density at radius 2 is 1.86 bits per heavy atom. The number of benzene rings is 1. The number of nitrogens with one attached hydrogen (secondary N) is 1. The highest BCUT2D eigenvalue weighted by Crippen LogP contribution is 2.06. The fourth-order valence-corrected chi connectivity index (χ4v) is 2.15. The lowest BCUT2D eigenvalue weighted by molar-refractivity contribution is -0.125. The number of nitrogens with two attached hydrogens (primary N) is 2. The minimum atomic E-state index is -0.640. The smallest absolute Gasteiger partial charge is 0.237 e. The van der Waals surface area contributed by atoms with E-state index in [0.717, 1.165) is 12.0 Å². The minimum Gasteiger partial charge on any atom is -0.344 e. The number of carbonyl (C=O) groups is 2. The lowest BCUT2D eigenvalue weighted by Gasteiger charge is -2.18. The summed E-state index contributed by atoms with van der Waals surface area (Å²) in [6.07, 6.45) is 2.38. The monoisotopic (exact) mass is 309 g/mol. The van der Waals surface area contributed by atoms with Gasteiger partial charge in [-0.3, -0.25) is 9.59 Å². The number of hydrogen-bond donors (Lipinski definition) is 4. The van der Waals surface area contributed by atoms with Gasteiger partial charge in [0, 0.05) is 0 Å². The standard InChI is InChI=1S/C15H23N3O2S/c16-10-4-7-13(15(20)21)18-14(19)12(17)9-8-11-5-2-1-3-6-11/h1-3,5-6,12-13H,4,7-10,16-17H2,(H,18,19)(H,20,21)/t12-,13-/m0/s1. The van der Waals surface area contributed by atoms with Gasteiger partial charge in [0.25, 0.3) is 0 Å². The van der Waals surface area contributed by atoms with Gasteiger partial charge in [0.2, 0.25) is 11.0 Å². The van der Waals surface area contributed by atoms with Crippen LogP contribution in [0.3, 0.4) is 0 Å². The summed E-state index contributed by atoms with van der Waals surface area (Å²) in [4.78, 5) is 23.3. The van der Waals surface area contributed by atoms with Gasteiger partial charge in [-0.25, -0.2) is 0 Å². The van der Waals surface area contributed by atoms with Gasteiger partial charge in [-0.15, -0.1) is 12.6 Å². The van der Waals surface area contributed by atoms with Gasteiger partial charge in [0.05, 0.1) is 12.1 Å². The van der Waals surface area contributed by atoms with Gasteiger partial charge in [-0.05, 0) is 37.8 Å². The van der Waals surface area contributed by atoms with Crippen molar-refractivity contribution in [3.63, 3.8) is 0 Å². The Morgan fingerprint density at radius 1 is 1.19 bits per heavy atom. The van der Waals surface area contributed by atoms with Gasteiger partial charge in [0.15, 0.2) is 0 Å². The molecular formula is C15H23N3O2S. The number of amides is 1. The first-order valence-corrected chi connectivity index (χ1v) is 7.52. The Labute approximate surface area is 130 Å². The van der Waals surface area contributed by atoms with Gasteiger partial charge in [0.1, 0.15) is 0 Å². The zero-order valence-corrected chi connectivity index (χ0v) is 12.9. The maximum atomic E-state index is 12.0. The van der Waals surface area contributed by atoms with Crippen molar-refractivity contribution in [1.82, 2.24) is 5.32 Å². The molecular weight excluding hydrogens is 286 g/mol. The molecule has 6 heteroatoms. The molecule has 0 aliphatic carbocycles. The molecule has 116 valence electrons. The van der Waals surface area contributed by atoms with Crippen LogP contribution in [0.1, 0.15) is 24.8 Å². The Kier molecular flexibility index (Phi) is 8.04. The van der Waals surface area contributed by atoms with E-state index in [4.69, 9.17) is 11.5 Å². The Balaban J connectivity index is 2.43. The third kappa shape index (κ3) is 6.75. The highest BCUT2D eigenvalue weighted by atomic mass is 32.1. The van der Waals surface area contributed by atoms with E-state index in [1.807, 2.05) is 30.3 Å². The number of carbonyl (C=O) groups excluding carboxylic acids is 2. The Hall–Kier alpha value is -1.37. The molecule has 0 unspecified atom stereocenters. The summed E-state index contributed by atoms with van der Waals surface area (Å²) in [6.45, 7) is 0.466. The van der Waals surface area contributed by atoms with E-state index in [-0.39, 0.29) is 11.0 Å². The molecule has 5 N–H and O–H groups in total. The van der Waals surface area contributed by atoms with Crippen LogP contribution in [0.25, 0.3) is 0 Å². The number of aryl methyl sites for hydroxylation is 1. The second-order valence-electron chi connectivity index (χ2n) is 4.96. The van der Waals surface area contributed by atoms with Crippen LogP contribution in [-0.2, 0) is 16.0 Å². The molecule has 1 aromatic carbocycles. The highest BCUT2D eigenvalue weighted by Gasteiger charge is 2.21. The lowest BCUT2D eigenvalue weighted by atomic mass is 10.0. The molecule has 0 aromatic heterocycles. The van der Waals surface area contributed by atoms with E-state index in [1.54, 1.807) is 0 Å². The van der Waals surface area contributed by atoms with E-state index >= 15 is 0 Å². The summed E-state index contributed by atoms with van der Waals surface area (Å²) in [7, 11) is 0. The van der Waals surface area contributed by atoms with E-state index in [0.29, 0.717) is 25.8 Å². The van der Waals surface area contributed by atoms with Crippen LogP contribution in [0.2, 0.25) is 0 Å². The fraction of sp³-hybridized carbons (Fsp3) is 0.467. The van der Waals surface area contributed by atoms with Crippen molar-refractivity contribution in [2.45, 2.75) is 37.8 Å². The average molecular weight is 309 g/mol. The minimum absolute atomic E-state index is 0.324. The van der Waals surface area contributed by atoms with Crippen LogP contribution in [0.15, 0.2) is 30.3 Å². The lowest BCUT2D eigenvalue weighted by Crippen LogP contribution is -2.47. The summed E-state index contributed by atoms with van der Waals surface area (Å²) in [6, 6.07) is 8.56.